The monoisotopic (exact) mass is 287 g/mol. The number of hydrogen-bond acceptors (Lipinski definition) is 4. The van der Waals surface area contributed by atoms with E-state index in [0.29, 0.717) is 0 Å². The molecule has 1 saturated carbocycles. The summed E-state index contributed by atoms with van der Waals surface area (Å²) in [5, 5.41) is 4.72. The highest BCUT2D eigenvalue weighted by Gasteiger charge is 2.13. The second-order valence-electron chi connectivity index (χ2n) is 5.47. The standard InChI is InChI=1S/C16H21N3S/c1-2-6-13(7-3-1)10-17-12-16-19-11-15(20-16)14-8-4-5-9-18-14/h4-5,8-9,11,13,17H,1-3,6-7,10,12H2. The number of pyridine rings is 1. The van der Waals surface area contributed by atoms with E-state index in [1.807, 2.05) is 30.6 Å². The van der Waals surface area contributed by atoms with E-state index in [9.17, 15) is 0 Å². The van der Waals surface area contributed by atoms with Gasteiger partial charge in [0.2, 0.25) is 0 Å². The van der Waals surface area contributed by atoms with Crippen LogP contribution in [0.1, 0.15) is 37.1 Å². The summed E-state index contributed by atoms with van der Waals surface area (Å²) in [5.41, 5.74) is 1.02. The van der Waals surface area contributed by atoms with Crippen LogP contribution in [0.25, 0.3) is 10.6 Å². The molecule has 1 aliphatic rings. The summed E-state index contributed by atoms with van der Waals surface area (Å²) >= 11 is 1.74. The molecule has 20 heavy (non-hydrogen) atoms. The maximum absolute atomic E-state index is 4.49. The van der Waals surface area contributed by atoms with Crippen LogP contribution < -0.4 is 5.32 Å². The molecule has 3 rings (SSSR count). The minimum Gasteiger partial charge on any atom is -0.310 e. The SMILES string of the molecule is c1ccc(-c2cnc(CNCC3CCCCC3)s2)nc1. The van der Waals surface area contributed by atoms with Crippen molar-refractivity contribution in [2.24, 2.45) is 5.92 Å². The summed E-state index contributed by atoms with van der Waals surface area (Å²) in [6.45, 7) is 2.02. The second kappa shape index (κ2) is 6.95. The molecule has 106 valence electrons. The average molecular weight is 287 g/mol. The molecule has 2 aromatic heterocycles. The molecule has 4 heteroatoms. The molecule has 1 fully saturated rings. The van der Waals surface area contributed by atoms with Gasteiger partial charge in [0, 0.05) is 18.9 Å². The fourth-order valence-electron chi connectivity index (χ4n) is 2.79. The first-order valence-corrected chi connectivity index (χ1v) is 8.30. The fourth-order valence-corrected chi connectivity index (χ4v) is 3.66. The van der Waals surface area contributed by atoms with Gasteiger partial charge in [-0.05, 0) is 37.4 Å². The molecular weight excluding hydrogens is 266 g/mol. The lowest BCUT2D eigenvalue weighted by molar-refractivity contribution is 0.342. The Labute approximate surface area is 124 Å². The Balaban J connectivity index is 1.50. The van der Waals surface area contributed by atoms with Crippen LogP contribution >= 0.6 is 11.3 Å². The molecule has 0 spiro atoms. The minimum absolute atomic E-state index is 0.874. The van der Waals surface area contributed by atoms with E-state index < -0.39 is 0 Å². The van der Waals surface area contributed by atoms with Gasteiger partial charge in [-0.15, -0.1) is 11.3 Å². The summed E-state index contributed by atoms with van der Waals surface area (Å²) < 4.78 is 0. The molecular formula is C16H21N3S. The molecule has 0 radical (unpaired) electrons. The van der Waals surface area contributed by atoms with Crippen LogP contribution in [0.5, 0.6) is 0 Å². The number of rotatable bonds is 5. The van der Waals surface area contributed by atoms with Crippen molar-refractivity contribution in [3.05, 3.63) is 35.6 Å². The molecule has 0 atom stereocenters. The Morgan fingerprint density at radius 3 is 2.85 bits per heavy atom. The fraction of sp³-hybridized carbons (Fsp3) is 0.500. The molecule has 0 unspecified atom stereocenters. The molecule has 2 aromatic rings. The molecule has 3 nitrogen and oxygen atoms in total. The summed E-state index contributed by atoms with van der Waals surface area (Å²) in [7, 11) is 0. The van der Waals surface area contributed by atoms with Crippen molar-refractivity contribution >= 4 is 11.3 Å². The quantitative estimate of drug-likeness (QED) is 0.907. The minimum atomic E-state index is 0.874. The van der Waals surface area contributed by atoms with Crippen molar-refractivity contribution in [2.75, 3.05) is 6.54 Å². The number of aromatic nitrogens is 2. The zero-order chi connectivity index (χ0) is 13.6. The predicted molar refractivity (Wildman–Crippen MR) is 83.6 cm³/mol. The third-order valence-corrected chi connectivity index (χ3v) is 4.92. The number of thiazole rings is 1. The van der Waals surface area contributed by atoms with E-state index in [0.717, 1.165) is 34.6 Å². The van der Waals surface area contributed by atoms with Crippen molar-refractivity contribution in [3.63, 3.8) is 0 Å². The van der Waals surface area contributed by atoms with Crippen molar-refractivity contribution < 1.29 is 0 Å². The average Bonchev–Trinajstić information content (AvgIpc) is 2.98. The number of nitrogens with one attached hydrogen (secondary N) is 1. The van der Waals surface area contributed by atoms with Gasteiger partial charge in [-0.1, -0.05) is 25.3 Å². The van der Waals surface area contributed by atoms with Gasteiger partial charge >= 0.3 is 0 Å². The van der Waals surface area contributed by atoms with E-state index in [-0.39, 0.29) is 0 Å². The van der Waals surface area contributed by atoms with Crippen LogP contribution in [0.4, 0.5) is 0 Å². The highest BCUT2D eigenvalue weighted by molar-refractivity contribution is 7.15. The lowest BCUT2D eigenvalue weighted by Gasteiger charge is -2.21. The summed E-state index contributed by atoms with van der Waals surface area (Å²) in [6, 6.07) is 5.99. The molecule has 0 amide bonds. The highest BCUT2D eigenvalue weighted by atomic mass is 32.1. The number of nitrogens with zero attached hydrogens (tertiary/aromatic N) is 2. The van der Waals surface area contributed by atoms with E-state index in [2.05, 4.69) is 15.3 Å². The first-order chi connectivity index (χ1) is 9.92. The van der Waals surface area contributed by atoms with Gasteiger partial charge in [-0.2, -0.15) is 0 Å². The smallest absolute Gasteiger partial charge is 0.107 e. The van der Waals surface area contributed by atoms with Gasteiger partial charge in [0.15, 0.2) is 0 Å². The van der Waals surface area contributed by atoms with Gasteiger partial charge < -0.3 is 5.32 Å². The van der Waals surface area contributed by atoms with Crippen molar-refractivity contribution in [2.45, 2.75) is 38.6 Å². The molecule has 1 N–H and O–H groups in total. The zero-order valence-corrected chi connectivity index (χ0v) is 12.5. The molecule has 1 aliphatic carbocycles. The number of hydrogen-bond donors (Lipinski definition) is 1. The lowest BCUT2D eigenvalue weighted by Crippen LogP contribution is -2.24. The van der Waals surface area contributed by atoms with E-state index >= 15 is 0 Å². The van der Waals surface area contributed by atoms with Crippen LogP contribution in [-0.4, -0.2) is 16.5 Å². The molecule has 0 saturated heterocycles. The predicted octanol–water partition coefficient (Wildman–Crippen LogP) is 3.88. The van der Waals surface area contributed by atoms with Gasteiger partial charge in [0.1, 0.15) is 5.01 Å². The van der Waals surface area contributed by atoms with E-state index in [4.69, 9.17) is 0 Å². The Kier molecular flexibility index (Phi) is 4.77. The van der Waals surface area contributed by atoms with Gasteiger partial charge in [-0.25, -0.2) is 4.98 Å². The van der Waals surface area contributed by atoms with Crippen LogP contribution in [0.15, 0.2) is 30.6 Å². The highest BCUT2D eigenvalue weighted by Crippen LogP contribution is 2.25. The summed E-state index contributed by atoms with van der Waals surface area (Å²) in [5.74, 6) is 0.874. The molecule has 2 heterocycles. The van der Waals surface area contributed by atoms with Crippen molar-refractivity contribution in [1.29, 1.82) is 0 Å². The van der Waals surface area contributed by atoms with Gasteiger partial charge in [0.05, 0.1) is 10.6 Å². The largest absolute Gasteiger partial charge is 0.310 e. The third kappa shape index (κ3) is 3.64. The lowest BCUT2D eigenvalue weighted by atomic mass is 9.89. The van der Waals surface area contributed by atoms with Gasteiger partial charge in [0.25, 0.3) is 0 Å². The third-order valence-electron chi connectivity index (χ3n) is 3.90. The van der Waals surface area contributed by atoms with Crippen LogP contribution in [-0.2, 0) is 6.54 Å². The first kappa shape index (κ1) is 13.7. The summed E-state index contributed by atoms with van der Waals surface area (Å²) in [6.07, 6.45) is 10.8. The second-order valence-corrected chi connectivity index (χ2v) is 6.58. The Morgan fingerprint density at radius 2 is 2.05 bits per heavy atom. The summed E-state index contributed by atoms with van der Waals surface area (Å²) in [4.78, 5) is 10.0. The van der Waals surface area contributed by atoms with Crippen molar-refractivity contribution in [1.82, 2.24) is 15.3 Å². The Morgan fingerprint density at radius 1 is 1.15 bits per heavy atom. The first-order valence-electron chi connectivity index (χ1n) is 7.48. The van der Waals surface area contributed by atoms with E-state index in [1.54, 1.807) is 11.3 Å². The van der Waals surface area contributed by atoms with Crippen LogP contribution in [0.2, 0.25) is 0 Å². The van der Waals surface area contributed by atoms with Crippen LogP contribution in [0.3, 0.4) is 0 Å². The molecule has 0 aromatic carbocycles. The van der Waals surface area contributed by atoms with Crippen molar-refractivity contribution in [3.8, 4) is 10.6 Å². The maximum Gasteiger partial charge on any atom is 0.107 e. The Hall–Kier alpha value is -1.26. The normalized spacial score (nSPS) is 16.4. The molecule has 0 aliphatic heterocycles. The maximum atomic E-state index is 4.49. The Bertz CT molecular complexity index is 518. The zero-order valence-electron chi connectivity index (χ0n) is 11.7. The molecule has 0 bridgehead atoms. The van der Waals surface area contributed by atoms with Gasteiger partial charge in [-0.3, -0.25) is 4.98 Å². The van der Waals surface area contributed by atoms with Crippen LogP contribution in [0, 0.1) is 5.92 Å². The topological polar surface area (TPSA) is 37.8 Å². The van der Waals surface area contributed by atoms with E-state index in [1.165, 1.54) is 32.1 Å².